The molecule has 2 aromatic rings. The van der Waals surface area contributed by atoms with Crippen LogP contribution in [0.4, 0.5) is 11.4 Å². The second-order valence-corrected chi connectivity index (χ2v) is 5.35. The van der Waals surface area contributed by atoms with Gasteiger partial charge in [-0.1, -0.05) is 18.2 Å². The molecule has 3 rings (SSSR count). The fourth-order valence-corrected chi connectivity index (χ4v) is 2.79. The molecule has 2 aromatic carbocycles. The molecule has 0 amide bonds. The molecule has 0 saturated carbocycles. The largest absolute Gasteiger partial charge is 0.465 e. The van der Waals surface area contributed by atoms with Crippen LogP contribution in [0.2, 0.25) is 0 Å². The Bertz CT molecular complexity index is 617. The second-order valence-electron chi connectivity index (χ2n) is 5.35. The predicted octanol–water partition coefficient (Wildman–Crippen LogP) is 2.80. The van der Waals surface area contributed by atoms with Crippen molar-refractivity contribution in [2.75, 3.05) is 43.1 Å². The average Bonchev–Trinajstić information content (AvgIpc) is 2.62. The molecule has 1 saturated heterocycles. The van der Waals surface area contributed by atoms with Gasteiger partial charge in [0.05, 0.1) is 12.7 Å². The van der Waals surface area contributed by atoms with E-state index in [1.807, 2.05) is 30.3 Å². The lowest BCUT2D eigenvalue weighted by atomic mass is 10.1. The minimum Gasteiger partial charge on any atom is -0.465 e. The molecular formula is C18H20N2O2. The number of carbonyl (C=O) groups excluding carboxylic acids is 1. The van der Waals surface area contributed by atoms with Gasteiger partial charge in [-0.2, -0.15) is 0 Å². The van der Waals surface area contributed by atoms with Gasteiger partial charge in [-0.25, -0.2) is 4.79 Å². The van der Waals surface area contributed by atoms with Crippen molar-refractivity contribution < 1.29 is 9.53 Å². The summed E-state index contributed by atoms with van der Waals surface area (Å²) in [5.74, 6) is -0.291. The maximum atomic E-state index is 11.5. The molecule has 0 radical (unpaired) electrons. The van der Waals surface area contributed by atoms with Crippen molar-refractivity contribution in [1.29, 1.82) is 0 Å². The van der Waals surface area contributed by atoms with E-state index in [9.17, 15) is 4.79 Å². The highest BCUT2D eigenvalue weighted by Gasteiger charge is 2.17. The number of esters is 1. The lowest BCUT2D eigenvalue weighted by molar-refractivity contribution is 0.0601. The van der Waals surface area contributed by atoms with Crippen LogP contribution in [0.5, 0.6) is 0 Å². The van der Waals surface area contributed by atoms with E-state index in [0.29, 0.717) is 5.56 Å². The maximum Gasteiger partial charge on any atom is 0.337 e. The monoisotopic (exact) mass is 296 g/mol. The first-order valence-electron chi connectivity index (χ1n) is 7.51. The van der Waals surface area contributed by atoms with E-state index in [4.69, 9.17) is 4.74 Å². The number of piperazine rings is 1. The third-order valence-corrected chi connectivity index (χ3v) is 4.05. The van der Waals surface area contributed by atoms with Crippen LogP contribution in [0.25, 0.3) is 0 Å². The number of hydrogen-bond acceptors (Lipinski definition) is 4. The molecule has 22 heavy (non-hydrogen) atoms. The van der Waals surface area contributed by atoms with Crippen LogP contribution in [0.3, 0.4) is 0 Å². The van der Waals surface area contributed by atoms with Gasteiger partial charge in [-0.3, -0.25) is 0 Å². The Kier molecular flexibility index (Phi) is 4.28. The van der Waals surface area contributed by atoms with Gasteiger partial charge >= 0.3 is 5.97 Å². The highest BCUT2D eigenvalue weighted by Crippen LogP contribution is 2.21. The Morgan fingerprint density at radius 2 is 1.32 bits per heavy atom. The summed E-state index contributed by atoms with van der Waals surface area (Å²) < 4.78 is 4.73. The van der Waals surface area contributed by atoms with Gasteiger partial charge < -0.3 is 14.5 Å². The van der Waals surface area contributed by atoms with Crippen molar-refractivity contribution in [3.05, 3.63) is 60.2 Å². The molecular weight excluding hydrogens is 276 g/mol. The summed E-state index contributed by atoms with van der Waals surface area (Å²) in [7, 11) is 1.40. The summed E-state index contributed by atoms with van der Waals surface area (Å²) >= 11 is 0. The molecule has 0 aromatic heterocycles. The molecule has 0 spiro atoms. The van der Waals surface area contributed by atoms with Crippen LogP contribution in [0.15, 0.2) is 54.6 Å². The average molecular weight is 296 g/mol. The third kappa shape index (κ3) is 3.06. The van der Waals surface area contributed by atoms with Crippen molar-refractivity contribution in [3.63, 3.8) is 0 Å². The first-order valence-corrected chi connectivity index (χ1v) is 7.51. The zero-order valence-electron chi connectivity index (χ0n) is 12.7. The van der Waals surface area contributed by atoms with Gasteiger partial charge in [-0.15, -0.1) is 0 Å². The molecule has 114 valence electrons. The fourth-order valence-electron chi connectivity index (χ4n) is 2.79. The molecule has 0 unspecified atom stereocenters. The number of ether oxygens (including phenoxy) is 1. The third-order valence-electron chi connectivity index (χ3n) is 4.05. The number of benzene rings is 2. The fraction of sp³-hybridized carbons (Fsp3) is 0.278. The van der Waals surface area contributed by atoms with Crippen molar-refractivity contribution in [3.8, 4) is 0 Å². The molecule has 0 aliphatic carbocycles. The maximum absolute atomic E-state index is 11.5. The van der Waals surface area contributed by atoms with E-state index in [0.717, 1.165) is 31.9 Å². The molecule has 4 nitrogen and oxygen atoms in total. The molecule has 1 heterocycles. The van der Waals surface area contributed by atoms with E-state index in [1.54, 1.807) is 0 Å². The van der Waals surface area contributed by atoms with Crippen molar-refractivity contribution in [1.82, 2.24) is 0 Å². The van der Waals surface area contributed by atoms with E-state index in [2.05, 4.69) is 34.1 Å². The van der Waals surface area contributed by atoms with E-state index >= 15 is 0 Å². The summed E-state index contributed by atoms with van der Waals surface area (Å²) in [5, 5.41) is 0. The normalized spacial score (nSPS) is 14.8. The van der Waals surface area contributed by atoms with E-state index in [1.165, 1.54) is 12.8 Å². The number of carbonyl (C=O) groups is 1. The number of nitrogens with zero attached hydrogens (tertiary/aromatic N) is 2. The smallest absolute Gasteiger partial charge is 0.337 e. The standard InChI is InChI=1S/C18H20N2O2/c1-22-18(21)15-7-9-17(10-8-15)20-13-11-19(12-14-20)16-5-3-2-4-6-16/h2-10H,11-14H2,1H3. The predicted molar refractivity (Wildman–Crippen MR) is 88.6 cm³/mol. The van der Waals surface area contributed by atoms with Crippen LogP contribution >= 0.6 is 0 Å². The Morgan fingerprint density at radius 3 is 1.82 bits per heavy atom. The lowest BCUT2D eigenvalue weighted by Gasteiger charge is -2.37. The number of para-hydroxylation sites is 1. The zero-order chi connectivity index (χ0) is 15.4. The number of rotatable bonds is 3. The molecule has 4 heteroatoms. The zero-order valence-corrected chi connectivity index (χ0v) is 12.7. The molecule has 1 aliphatic rings. The summed E-state index contributed by atoms with van der Waals surface area (Å²) in [6.45, 7) is 3.96. The molecule has 0 N–H and O–H groups in total. The van der Waals surface area contributed by atoms with Crippen LogP contribution in [0, 0.1) is 0 Å². The van der Waals surface area contributed by atoms with Crippen LogP contribution in [0.1, 0.15) is 10.4 Å². The SMILES string of the molecule is COC(=O)c1ccc(N2CCN(c3ccccc3)CC2)cc1. The number of anilines is 2. The summed E-state index contributed by atoms with van der Waals surface area (Å²) in [6.07, 6.45) is 0. The molecule has 1 aliphatic heterocycles. The highest BCUT2D eigenvalue weighted by molar-refractivity contribution is 5.89. The minimum atomic E-state index is -0.291. The van der Waals surface area contributed by atoms with E-state index < -0.39 is 0 Å². The molecule has 1 fully saturated rings. The van der Waals surface area contributed by atoms with Gasteiger partial charge in [0.1, 0.15) is 0 Å². The van der Waals surface area contributed by atoms with Crippen molar-refractivity contribution in [2.45, 2.75) is 0 Å². The minimum absolute atomic E-state index is 0.291. The van der Waals surface area contributed by atoms with Gasteiger partial charge in [0.25, 0.3) is 0 Å². The van der Waals surface area contributed by atoms with Crippen molar-refractivity contribution in [2.24, 2.45) is 0 Å². The Balaban J connectivity index is 1.63. The van der Waals surface area contributed by atoms with Gasteiger partial charge in [0, 0.05) is 37.6 Å². The summed E-state index contributed by atoms with van der Waals surface area (Å²) in [6, 6.07) is 18.1. The topological polar surface area (TPSA) is 32.8 Å². The lowest BCUT2D eigenvalue weighted by Crippen LogP contribution is -2.46. The Hall–Kier alpha value is -2.49. The Labute approximate surface area is 130 Å². The van der Waals surface area contributed by atoms with Crippen LogP contribution < -0.4 is 9.80 Å². The molecule has 0 atom stereocenters. The number of methoxy groups -OCH3 is 1. The van der Waals surface area contributed by atoms with Crippen molar-refractivity contribution >= 4 is 17.3 Å². The summed E-state index contributed by atoms with van der Waals surface area (Å²) in [4.78, 5) is 16.2. The quantitative estimate of drug-likeness (QED) is 0.815. The first kappa shape index (κ1) is 14.4. The molecule has 0 bridgehead atoms. The van der Waals surface area contributed by atoms with Gasteiger partial charge in [0.2, 0.25) is 0 Å². The van der Waals surface area contributed by atoms with Gasteiger partial charge in [-0.05, 0) is 36.4 Å². The summed E-state index contributed by atoms with van der Waals surface area (Å²) in [5.41, 5.74) is 3.03. The number of hydrogen-bond donors (Lipinski definition) is 0. The highest BCUT2D eigenvalue weighted by atomic mass is 16.5. The van der Waals surface area contributed by atoms with Gasteiger partial charge in [0.15, 0.2) is 0 Å². The van der Waals surface area contributed by atoms with Crippen LogP contribution in [-0.4, -0.2) is 39.3 Å². The second kappa shape index (κ2) is 6.52. The van der Waals surface area contributed by atoms with E-state index in [-0.39, 0.29) is 5.97 Å². The van der Waals surface area contributed by atoms with Crippen LogP contribution in [-0.2, 0) is 4.74 Å². The first-order chi connectivity index (χ1) is 10.8. The Morgan fingerprint density at radius 1 is 0.818 bits per heavy atom.